The molecule has 1 aromatic rings. The lowest BCUT2D eigenvalue weighted by atomic mass is 10.3. The number of nitrogens with zero attached hydrogens (tertiary/aromatic N) is 2. The normalized spacial score (nSPS) is 11.5. The molecule has 0 aliphatic heterocycles. The van der Waals surface area contributed by atoms with E-state index in [2.05, 4.69) is 55.4 Å². The fourth-order valence-corrected chi connectivity index (χ4v) is 1.47. The summed E-state index contributed by atoms with van der Waals surface area (Å²) in [6.07, 6.45) is 5.42. The zero-order valence-corrected chi connectivity index (χ0v) is 11.5. The van der Waals surface area contributed by atoms with Crippen molar-refractivity contribution in [3.8, 4) is 0 Å². The first-order valence-corrected chi connectivity index (χ1v) is 6.14. The number of rotatable bonds is 4. The molecule has 2 heteroatoms. The van der Waals surface area contributed by atoms with Gasteiger partial charge in [0.05, 0.1) is 0 Å². The van der Waals surface area contributed by atoms with Crippen LogP contribution in [0.2, 0.25) is 0 Å². The molecule has 0 spiro atoms. The van der Waals surface area contributed by atoms with Gasteiger partial charge in [0.25, 0.3) is 0 Å². The lowest BCUT2D eigenvalue weighted by Crippen LogP contribution is -2.30. The van der Waals surface area contributed by atoms with Crippen LogP contribution >= 0.6 is 0 Å². The second kappa shape index (κ2) is 8.17. The Morgan fingerprint density at radius 2 is 2.00 bits per heavy atom. The van der Waals surface area contributed by atoms with Crippen LogP contribution in [0.1, 0.15) is 27.2 Å². The van der Waals surface area contributed by atoms with Crippen molar-refractivity contribution in [2.75, 3.05) is 20.6 Å². The second-order valence-corrected chi connectivity index (χ2v) is 3.84. The molecular formula is C14H26N2. The van der Waals surface area contributed by atoms with Gasteiger partial charge in [0.1, 0.15) is 0 Å². The van der Waals surface area contributed by atoms with Crippen LogP contribution in [0.25, 0.3) is 12.7 Å². The van der Waals surface area contributed by atoms with E-state index >= 15 is 0 Å². The van der Waals surface area contributed by atoms with Crippen LogP contribution in [-0.4, -0.2) is 30.1 Å². The molecular weight excluding hydrogens is 196 g/mol. The van der Waals surface area contributed by atoms with Gasteiger partial charge in [0.2, 0.25) is 0 Å². The minimum atomic E-state index is 1.04. The van der Waals surface area contributed by atoms with Crippen LogP contribution < -0.4 is 10.6 Å². The van der Waals surface area contributed by atoms with Crippen LogP contribution in [0.3, 0.4) is 0 Å². The van der Waals surface area contributed by atoms with Gasteiger partial charge < -0.3 is 9.47 Å². The van der Waals surface area contributed by atoms with Gasteiger partial charge in [0.15, 0.2) is 0 Å². The van der Waals surface area contributed by atoms with E-state index in [1.165, 1.54) is 5.35 Å². The third-order valence-electron chi connectivity index (χ3n) is 2.28. The third-order valence-corrected chi connectivity index (χ3v) is 2.28. The van der Waals surface area contributed by atoms with E-state index in [0.29, 0.717) is 0 Å². The fourth-order valence-electron chi connectivity index (χ4n) is 1.47. The first-order valence-electron chi connectivity index (χ1n) is 6.14. The SMILES string of the molecule is C=c1ccn(CCN(C)C)/c1=C/CC.CC. The summed E-state index contributed by atoms with van der Waals surface area (Å²) in [4.78, 5) is 2.19. The molecule has 0 aromatic carbocycles. The molecule has 0 bridgehead atoms. The largest absolute Gasteiger partial charge is 0.346 e. The predicted octanol–water partition coefficient (Wildman–Crippen LogP) is 1.68. The monoisotopic (exact) mass is 222 g/mol. The molecule has 0 saturated heterocycles. The predicted molar refractivity (Wildman–Crippen MR) is 73.9 cm³/mol. The second-order valence-electron chi connectivity index (χ2n) is 3.84. The highest BCUT2D eigenvalue weighted by Gasteiger charge is 1.95. The standard InChI is InChI=1S/C12H20N2.C2H6/c1-5-6-12-11(2)7-8-14(12)10-9-13(3)4;1-2/h6-8H,2,5,9-10H2,1,3-4H3;1-2H3/b12-6+;. The summed E-state index contributed by atoms with van der Waals surface area (Å²) in [5, 5.41) is 2.40. The molecule has 1 rings (SSSR count). The maximum atomic E-state index is 4.02. The molecule has 2 nitrogen and oxygen atoms in total. The molecule has 0 saturated carbocycles. The fraction of sp³-hybridized carbons (Fsp3) is 0.571. The Morgan fingerprint density at radius 1 is 1.38 bits per heavy atom. The maximum Gasteiger partial charge on any atom is 0.0434 e. The summed E-state index contributed by atoms with van der Waals surface area (Å²) < 4.78 is 2.27. The lowest BCUT2D eigenvalue weighted by Gasteiger charge is -2.10. The van der Waals surface area contributed by atoms with Gasteiger partial charge in [0, 0.05) is 24.6 Å². The number of hydrogen-bond donors (Lipinski definition) is 0. The van der Waals surface area contributed by atoms with E-state index in [4.69, 9.17) is 0 Å². The van der Waals surface area contributed by atoms with Crippen molar-refractivity contribution in [3.05, 3.63) is 22.8 Å². The number of hydrogen-bond acceptors (Lipinski definition) is 1. The summed E-state index contributed by atoms with van der Waals surface area (Å²) in [5.74, 6) is 0. The minimum Gasteiger partial charge on any atom is -0.346 e. The Morgan fingerprint density at radius 3 is 2.50 bits per heavy atom. The van der Waals surface area contributed by atoms with Gasteiger partial charge in [-0.05, 0) is 31.8 Å². The van der Waals surface area contributed by atoms with E-state index < -0.39 is 0 Å². The van der Waals surface area contributed by atoms with Crippen LogP contribution in [0.4, 0.5) is 0 Å². The van der Waals surface area contributed by atoms with E-state index in [0.717, 1.165) is 24.7 Å². The Bertz CT molecular complexity index is 374. The smallest absolute Gasteiger partial charge is 0.0434 e. The van der Waals surface area contributed by atoms with Crippen LogP contribution in [0.5, 0.6) is 0 Å². The molecule has 1 aromatic heterocycles. The molecule has 0 aliphatic rings. The summed E-state index contributed by atoms with van der Waals surface area (Å²) >= 11 is 0. The third kappa shape index (κ3) is 4.67. The van der Waals surface area contributed by atoms with Crippen LogP contribution in [0, 0.1) is 0 Å². The first kappa shape index (κ1) is 15.0. The summed E-state index contributed by atoms with van der Waals surface area (Å²) in [6.45, 7) is 12.3. The Balaban J connectivity index is 0.00000106. The molecule has 0 N–H and O–H groups in total. The average Bonchev–Trinajstić information content (AvgIpc) is 2.61. The molecule has 0 fully saturated rings. The number of aromatic nitrogens is 1. The van der Waals surface area contributed by atoms with Crippen molar-refractivity contribution < 1.29 is 0 Å². The summed E-state index contributed by atoms with van der Waals surface area (Å²) in [5.41, 5.74) is 0. The highest BCUT2D eigenvalue weighted by atomic mass is 15.1. The molecule has 1 heterocycles. The van der Waals surface area contributed by atoms with Gasteiger partial charge >= 0.3 is 0 Å². The minimum absolute atomic E-state index is 1.04. The summed E-state index contributed by atoms with van der Waals surface area (Å²) in [7, 11) is 4.19. The maximum absolute atomic E-state index is 4.02. The molecule has 92 valence electrons. The molecule has 0 atom stereocenters. The van der Waals surface area contributed by atoms with Gasteiger partial charge in [-0.15, -0.1) is 0 Å². The van der Waals surface area contributed by atoms with Crippen LogP contribution in [0.15, 0.2) is 12.3 Å². The summed E-state index contributed by atoms with van der Waals surface area (Å²) in [6, 6.07) is 2.08. The van der Waals surface area contributed by atoms with E-state index in [1.54, 1.807) is 0 Å². The molecule has 0 amide bonds. The van der Waals surface area contributed by atoms with Crippen LogP contribution in [-0.2, 0) is 6.54 Å². The Kier molecular flexibility index (Phi) is 7.65. The van der Waals surface area contributed by atoms with Crippen molar-refractivity contribution in [1.29, 1.82) is 0 Å². The molecule has 0 unspecified atom stereocenters. The highest BCUT2D eigenvalue weighted by molar-refractivity contribution is 5.22. The van der Waals surface area contributed by atoms with E-state index in [-0.39, 0.29) is 0 Å². The van der Waals surface area contributed by atoms with Crippen molar-refractivity contribution in [1.82, 2.24) is 9.47 Å². The van der Waals surface area contributed by atoms with Crippen molar-refractivity contribution in [3.63, 3.8) is 0 Å². The van der Waals surface area contributed by atoms with Gasteiger partial charge in [-0.3, -0.25) is 0 Å². The quantitative estimate of drug-likeness (QED) is 0.752. The Labute approximate surface area is 99.9 Å². The highest BCUT2D eigenvalue weighted by Crippen LogP contribution is 1.83. The van der Waals surface area contributed by atoms with Crippen molar-refractivity contribution in [2.24, 2.45) is 0 Å². The zero-order chi connectivity index (χ0) is 12.6. The van der Waals surface area contributed by atoms with Crippen molar-refractivity contribution >= 4 is 12.7 Å². The van der Waals surface area contributed by atoms with E-state index in [9.17, 15) is 0 Å². The molecule has 0 radical (unpaired) electrons. The van der Waals surface area contributed by atoms with Gasteiger partial charge in [-0.25, -0.2) is 0 Å². The zero-order valence-electron chi connectivity index (χ0n) is 11.5. The average molecular weight is 222 g/mol. The van der Waals surface area contributed by atoms with Gasteiger partial charge in [-0.2, -0.15) is 0 Å². The van der Waals surface area contributed by atoms with Crippen molar-refractivity contribution in [2.45, 2.75) is 33.7 Å². The van der Waals surface area contributed by atoms with Gasteiger partial charge in [-0.1, -0.05) is 33.4 Å². The lowest BCUT2D eigenvalue weighted by molar-refractivity contribution is 0.382. The number of likely N-dealkylation sites (N-methyl/N-ethyl adjacent to an activating group) is 1. The molecule has 16 heavy (non-hydrogen) atoms. The molecule has 0 aliphatic carbocycles. The first-order chi connectivity index (χ1) is 7.65. The Hall–Kier alpha value is -1.02. The van der Waals surface area contributed by atoms with E-state index in [1.807, 2.05) is 13.8 Å². The topological polar surface area (TPSA) is 8.17 Å².